The van der Waals surface area contributed by atoms with Crippen molar-refractivity contribution in [3.63, 3.8) is 0 Å². The molecule has 1 unspecified atom stereocenters. The van der Waals surface area contributed by atoms with Gasteiger partial charge in [0.2, 0.25) is 5.91 Å². The number of benzene rings is 2. The number of phenolic OH excluding ortho intramolecular Hbond substituents is 1. The minimum absolute atomic E-state index is 0.0421. The molecule has 0 bridgehead atoms. The summed E-state index contributed by atoms with van der Waals surface area (Å²) in [6.45, 7) is 0. The first kappa shape index (κ1) is 20.4. The summed E-state index contributed by atoms with van der Waals surface area (Å²) in [5, 5.41) is 15.5. The molecule has 2 aromatic carbocycles. The van der Waals surface area contributed by atoms with Gasteiger partial charge in [-0.3, -0.25) is 9.59 Å². The number of nitrogens with one attached hydrogen (secondary N) is 2. The van der Waals surface area contributed by atoms with Crippen LogP contribution in [0.3, 0.4) is 0 Å². The van der Waals surface area contributed by atoms with Crippen LogP contribution in [0, 0.1) is 0 Å². The van der Waals surface area contributed by atoms with Crippen LogP contribution in [0.5, 0.6) is 5.75 Å². The zero-order chi connectivity index (χ0) is 19.1. The van der Waals surface area contributed by atoms with Gasteiger partial charge < -0.3 is 15.7 Å². The molecule has 0 fully saturated rings. The summed E-state index contributed by atoms with van der Waals surface area (Å²) in [5.41, 5.74) is 0.693. The zero-order valence-electron chi connectivity index (χ0n) is 14.0. The first-order valence-corrected chi connectivity index (χ1v) is 9.90. The Bertz CT molecular complexity index is 802. The first-order chi connectivity index (χ1) is 12.4. The third kappa shape index (κ3) is 5.83. The van der Waals surface area contributed by atoms with Crippen molar-refractivity contribution < 1.29 is 14.7 Å². The second-order valence-electron chi connectivity index (χ2n) is 5.47. The molecule has 0 aromatic heterocycles. The molecule has 8 heteroatoms. The monoisotopic (exact) mass is 412 g/mol. The summed E-state index contributed by atoms with van der Waals surface area (Å²) in [6.07, 6.45) is 2.37. The lowest BCUT2D eigenvalue weighted by molar-refractivity contribution is -0.118. The van der Waals surface area contributed by atoms with Gasteiger partial charge in [-0.05, 0) is 48.8 Å². The van der Waals surface area contributed by atoms with Gasteiger partial charge in [-0.25, -0.2) is 0 Å². The Labute approximate surface area is 166 Å². The molecule has 0 saturated heterocycles. The van der Waals surface area contributed by atoms with Crippen molar-refractivity contribution in [1.82, 2.24) is 5.32 Å². The van der Waals surface area contributed by atoms with Crippen molar-refractivity contribution in [2.24, 2.45) is 0 Å². The van der Waals surface area contributed by atoms with Crippen LogP contribution < -0.4 is 10.6 Å². The van der Waals surface area contributed by atoms with E-state index >= 15 is 0 Å². The van der Waals surface area contributed by atoms with E-state index in [1.54, 1.807) is 30.0 Å². The van der Waals surface area contributed by atoms with Crippen molar-refractivity contribution in [2.45, 2.75) is 12.5 Å². The Morgan fingerprint density at radius 2 is 1.96 bits per heavy atom. The summed E-state index contributed by atoms with van der Waals surface area (Å²) < 4.78 is 0. The first-order valence-electron chi connectivity index (χ1n) is 7.75. The van der Waals surface area contributed by atoms with Crippen LogP contribution in [0.4, 0.5) is 5.69 Å². The molecular formula is C18H18Cl2N2O3S. The lowest BCUT2D eigenvalue weighted by Gasteiger charge is -2.18. The highest BCUT2D eigenvalue weighted by molar-refractivity contribution is 7.98. The van der Waals surface area contributed by atoms with Crippen LogP contribution in [0.1, 0.15) is 16.8 Å². The average molecular weight is 413 g/mol. The third-order valence-corrected chi connectivity index (χ3v) is 4.71. The maximum Gasteiger partial charge on any atom is 0.253 e. The van der Waals surface area contributed by atoms with Crippen LogP contribution in [0.25, 0.3) is 0 Å². The van der Waals surface area contributed by atoms with Gasteiger partial charge >= 0.3 is 0 Å². The molecule has 0 aliphatic carbocycles. The standard InChI is InChI=1S/C18H18Cl2N2O3S/c1-26-8-7-16(18(25)21-12-3-2-4-13(23)10-12)22-17(24)14-6-5-11(19)9-15(14)20/h2-6,9-10,16,23H,7-8H2,1H3,(H,21,25)(H,22,24). The lowest BCUT2D eigenvalue weighted by atomic mass is 10.1. The van der Waals surface area contributed by atoms with E-state index in [-0.39, 0.29) is 22.2 Å². The van der Waals surface area contributed by atoms with Crippen molar-refractivity contribution in [3.05, 3.63) is 58.1 Å². The number of halogens is 2. The molecule has 1 atom stereocenters. The molecule has 3 N–H and O–H groups in total. The van der Waals surface area contributed by atoms with Gasteiger partial charge in [0.05, 0.1) is 10.6 Å². The Morgan fingerprint density at radius 3 is 2.62 bits per heavy atom. The number of hydrogen-bond donors (Lipinski definition) is 3. The van der Waals surface area contributed by atoms with Gasteiger partial charge in [-0.15, -0.1) is 0 Å². The molecule has 5 nitrogen and oxygen atoms in total. The largest absolute Gasteiger partial charge is 0.508 e. The lowest BCUT2D eigenvalue weighted by Crippen LogP contribution is -2.44. The fourth-order valence-corrected chi connectivity index (χ4v) is 3.19. The van der Waals surface area contributed by atoms with Crippen LogP contribution in [0.2, 0.25) is 10.0 Å². The highest BCUT2D eigenvalue weighted by Gasteiger charge is 2.22. The maximum atomic E-state index is 12.6. The SMILES string of the molecule is CSCCC(NC(=O)c1ccc(Cl)cc1Cl)C(=O)Nc1cccc(O)c1. The van der Waals surface area contributed by atoms with E-state index in [1.165, 1.54) is 24.3 Å². The van der Waals surface area contributed by atoms with Crippen LogP contribution in [-0.2, 0) is 4.79 Å². The zero-order valence-corrected chi connectivity index (χ0v) is 16.3. The van der Waals surface area contributed by atoms with E-state index in [0.717, 1.165) is 0 Å². The summed E-state index contributed by atoms with van der Waals surface area (Å²) in [7, 11) is 0. The molecule has 0 radical (unpaired) electrons. The number of carbonyl (C=O) groups excluding carboxylic acids is 2. The predicted molar refractivity (Wildman–Crippen MR) is 107 cm³/mol. The second-order valence-corrected chi connectivity index (χ2v) is 7.30. The Hall–Kier alpha value is -1.89. The minimum Gasteiger partial charge on any atom is -0.508 e. The number of thioether (sulfide) groups is 1. The highest BCUT2D eigenvalue weighted by atomic mass is 35.5. The van der Waals surface area contributed by atoms with Gasteiger partial charge in [0.1, 0.15) is 11.8 Å². The van der Waals surface area contributed by atoms with Gasteiger partial charge in [0.25, 0.3) is 5.91 Å². The minimum atomic E-state index is -0.746. The van der Waals surface area contributed by atoms with Crippen LogP contribution in [-0.4, -0.2) is 35.0 Å². The Balaban J connectivity index is 2.12. The number of anilines is 1. The van der Waals surface area contributed by atoms with E-state index in [2.05, 4.69) is 10.6 Å². The van der Waals surface area contributed by atoms with Crippen molar-refractivity contribution in [2.75, 3.05) is 17.3 Å². The van der Waals surface area contributed by atoms with Crippen LogP contribution in [0.15, 0.2) is 42.5 Å². The van der Waals surface area contributed by atoms with Gasteiger partial charge in [-0.2, -0.15) is 11.8 Å². The number of hydrogen-bond acceptors (Lipinski definition) is 4. The van der Waals surface area contributed by atoms with Crippen LogP contribution >= 0.6 is 35.0 Å². The molecule has 0 aliphatic heterocycles. The van der Waals surface area contributed by atoms with E-state index in [0.29, 0.717) is 22.9 Å². The molecule has 0 heterocycles. The number of rotatable bonds is 7. The Kier molecular flexibility index (Phi) is 7.63. The van der Waals surface area contributed by atoms with Gasteiger partial charge in [-0.1, -0.05) is 29.3 Å². The van der Waals surface area contributed by atoms with E-state index < -0.39 is 11.9 Å². The molecule has 138 valence electrons. The summed E-state index contributed by atoms with van der Waals surface area (Å²) in [5.74, 6) is -0.0976. The molecule has 0 saturated carbocycles. The van der Waals surface area contributed by atoms with Crippen molar-refractivity contribution >= 4 is 52.5 Å². The number of aromatic hydroxyl groups is 1. The summed E-state index contributed by atoms with van der Waals surface area (Å²) >= 11 is 13.5. The molecule has 26 heavy (non-hydrogen) atoms. The molecule has 0 aliphatic rings. The molecule has 2 amide bonds. The molecule has 2 aromatic rings. The van der Waals surface area contributed by atoms with E-state index in [9.17, 15) is 14.7 Å². The number of carbonyl (C=O) groups is 2. The van der Waals surface area contributed by atoms with Crippen molar-refractivity contribution in [1.29, 1.82) is 0 Å². The van der Waals surface area contributed by atoms with Crippen molar-refractivity contribution in [3.8, 4) is 5.75 Å². The van der Waals surface area contributed by atoms with E-state index in [1.807, 2.05) is 6.26 Å². The fourth-order valence-electron chi connectivity index (χ4n) is 2.23. The molecular weight excluding hydrogens is 395 g/mol. The molecule has 0 spiro atoms. The summed E-state index contributed by atoms with van der Waals surface area (Å²) in [4.78, 5) is 25.1. The maximum absolute atomic E-state index is 12.6. The fraction of sp³-hybridized carbons (Fsp3) is 0.222. The normalized spacial score (nSPS) is 11.7. The smallest absolute Gasteiger partial charge is 0.253 e. The topological polar surface area (TPSA) is 78.4 Å². The Morgan fingerprint density at radius 1 is 1.19 bits per heavy atom. The van der Waals surface area contributed by atoms with Gasteiger partial charge in [0.15, 0.2) is 0 Å². The van der Waals surface area contributed by atoms with E-state index in [4.69, 9.17) is 23.2 Å². The summed E-state index contributed by atoms with van der Waals surface area (Å²) in [6, 6.07) is 10.0. The molecule has 2 rings (SSSR count). The van der Waals surface area contributed by atoms with Gasteiger partial charge in [0, 0.05) is 16.8 Å². The quantitative estimate of drug-likeness (QED) is 0.636. The highest BCUT2D eigenvalue weighted by Crippen LogP contribution is 2.21. The number of amides is 2. The third-order valence-electron chi connectivity index (χ3n) is 3.52. The average Bonchev–Trinajstić information content (AvgIpc) is 2.58. The number of phenols is 1. The second kappa shape index (κ2) is 9.71. The predicted octanol–water partition coefficient (Wildman–Crippen LogP) is 4.19.